The minimum absolute atomic E-state index is 0.0233. The summed E-state index contributed by atoms with van der Waals surface area (Å²) in [5, 5.41) is 18.9. The highest BCUT2D eigenvalue weighted by Gasteiger charge is 2.34. The summed E-state index contributed by atoms with van der Waals surface area (Å²) in [7, 11) is -3.79. The highest BCUT2D eigenvalue weighted by atomic mass is 32.2. The van der Waals surface area contributed by atoms with Gasteiger partial charge in [-0.25, -0.2) is 17.2 Å². The molecular weight excluding hydrogens is 588 g/mol. The van der Waals surface area contributed by atoms with Gasteiger partial charge in [0, 0.05) is 25.1 Å². The zero-order chi connectivity index (χ0) is 32.9. The number of aryl methyl sites for hydroxylation is 1. The smallest absolute Gasteiger partial charge is 0.243 e. The topological polar surface area (TPSA) is 125 Å². The van der Waals surface area contributed by atoms with Gasteiger partial charge in [0.1, 0.15) is 17.7 Å². The molecule has 2 aromatic carbocycles. The lowest BCUT2D eigenvalue weighted by atomic mass is 10.00. The summed E-state index contributed by atoms with van der Waals surface area (Å²) >= 11 is 0. The van der Waals surface area contributed by atoms with E-state index in [4.69, 9.17) is 0 Å². The van der Waals surface area contributed by atoms with Crippen molar-refractivity contribution in [1.82, 2.24) is 16.0 Å². The van der Waals surface area contributed by atoms with Crippen LogP contribution in [-0.2, 0) is 38.8 Å². The van der Waals surface area contributed by atoms with Gasteiger partial charge in [-0.15, -0.1) is 0 Å². The molecule has 0 heterocycles. The van der Waals surface area contributed by atoms with E-state index in [0.29, 0.717) is 32.2 Å². The third kappa shape index (κ3) is 12.2. The molecule has 0 fully saturated rings. The van der Waals surface area contributed by atoms with Crippen LogP contribution < -0.4 is 16.0 Å². The number of halogens is 2. The summed E-state index contributed by atoms with van der Waals surface area (Å²) in [4.78, 5) is 26.3. The zero-order valence-corrected chi connectivity index (χ0v) is 27.4. The SMILES string of the molecule is CCCC(CCC)S(=O)(=O)C[C@@H](NC(=O)C(C)C)C(=O)N[C@@H](Cc1cc(F)cc(F)c1)[C@H](O)CNCc1cccc(CC)c1. The van der Waals surface area contributed by atoms with Crippen molar-refractivity contribution < 1.29 is 31.9 Å². The first kappa shape index (κ1) is 37.3. The van der Waals surface area contributed by atoms with Crippen LogP contribution in [0.1, 0.15) is 77.0 Å². The minimum Gasteiger partial charge on any atom is -0.390 e. The Labute approximate surface area is 261 Å². The van der Waals surface area contributed by atoms with E-state index in [9.17, 15) is 31.9 Å². The van der Waals surface area contributed by atoms with Gasteiger partial charge in [-0.05, 0) is 54.5 Å². The number of amides is 2. The van der Waals surface area contributed by atoms with Crippen LogP contribution in [0, 0.1) is 17.6 Å². The first-order chi connectivity index (χ1) is 20.8. The molecule has 0 aliphatic rings. The van der Waals surface area contributed by atoms with E-state index in [2.05, 4.69) is 22.9 Å². The van der Waals surface area contributed by atoms with Crippen LogP contribution in [0.3, 0.4) is 0 Å². The summed E-state index contributed by atoms with van der Waals surface area (Å²) < 4.78 is 54.8. The number of carbonyl (C=O) groups excluding carboxylic acids is 2. The van der Waals surface area contributed by atoms with Crippen molar-refractivity contribution in [2.45, 2.75) is 103 Å². The standard InChI is InChI=1S/C33H49F2N3O5S/c1-6-10-28(11-7-2)44(42,43)21-30(38-32(40)22(4)5)33(41)37-29(17-25-15-26(34)18-27(35)16-25)31(39)20-36-19-24-13-9-12-23(8-3)14-24/h9,12-16,18,22,28-31,36,39H,6-8,10-11,17,19-21H2,1-5H3,(H,37,41)(H,38,40)/t29-,30+,31+/m0/s1. The number of hydrogen-bond donors (Lipinski definition) is 4. The van der Waals surface area contributed by atoms with E-state index in [1.807, 2.05) is 38.1 Å². The average molecular weight is 638 g/mol. The Morgan fingerprint density at radius 2 is 1.48 bits per heavy atom. The van der Waals surface area contributed by atoms with E-state index in [-0.39, 0.29) is 18.5 Å². The van der Waals surface area contributed by atoms with Crippen LogP contribution in [0.5, 0.6) is 0 Å². The maximum Gasteiger partial charge on any atom is 0.243 e. The highest BCUT2D eigenvalue weighted by molar-refractivity contribution is 7.92. The number of sulfone groups is 1. The Hall–Kier alpha value is -2.89. The molecule has 2 aromatic rings. The van der Waals surface area contributed by atoms with E-state index in [1.54, 1.807) is 13.8 Å². The van der Waals surface area contributed by atoms with E-state index in [0.717, 1.165) is 35.7 Å². The monoisotopic (exact) mass is 637 g/mol. The number of rotatable bonds is 19. The molecule has 0 saturated carbocycles. The average Bonchev–Trinajstić information content (AvgIpc) is 2.95. The fraction of sp³-hybridized carbons (Fsp3) is 0.576. The van der Waals surface area contributed by atoms with Crippen molar-refractivity contribution in [3.63, 3.8) is 0 Å². The van der Waals surface area contributed by atoms with Crippen molar-refractivity contribution in [2.24, 2.45) is 5.92 Å². The maximum absolute atomic E-state index is 14.0. The Kier molecular flexibility index (Phi) is 15.4. The van der Waals surface area contributed by atoms with Gasteiger partial charge in [-0.2, -0.15) is 0 Å². The van der Waals surface area contributed by atoms with Crippen LogP contribution in [0.25, 0.3) is 0 Å². The highest BCUT2D eigenvalue weighted by Crippen LogP contribution is 2.18. The van der Waals surface area contributed by atoms with Crippen LogP contribution in [0.2, 0.25) is 0 Å². The number of aliphatic hydroxyl groups excluding tert-OH is 1. The second-order valence-electron chi connectivity index (χ2n) is 11.7. The Morgan fingerprint density at radius 3 is 2.05 bits per heavy atom. The van der Waals surface area contributed by atoms with Crippen molar-refractivity contribution in [2.75, 3.05) is 12.3 Å². The molecule has 2 rings (SSSR count). The molecule has 0 aliphatic carbocycles. The van der Waals surface area contributed by atoms with Gasteiger partial charge in [0.2, 0.25) is 11.8 Å². The van der Waals surface area contributed by atoms with E-state index in [1.165, 1.54) is 0 Å². The normalized spacial score (nSPS) is 14.0. The van der Waals surface area contributed by atoms with E-state index < -0.39 is 68.4 Å². The molecule has 0 spiro atoms. The molecule has 44 heavy (non-hydrogen) atoms. The van der Waals surface area contributed by atoms with E-state index >= 15 is 0 Å². The number of hydrogen-bond acceptors (Lipinski definition) is 6. The second-order valence-corrected chi connectivity index (χ2v) is 14.0. The van der Waals surface area contributed by atoms with Gasteiger partial charge in [-0.3, -0.25) is 9.59 Å². The largest absolute Gasteiger partial charge is 0.390 e. The number of carbonyl (C=O) groups is 2. The summed E-state index contributed by atoms with van der Waals surface area (Å²) in [6.07, 6.45) is 1.67. The molecule has 3 atom stereocenters. The molecule has 0 aromatic heterocycles. The van der Waals surface area contributed by atoms with Gasteiger partial charge in [0.15, 0.2) is 9.84 Å². The van der Waals surface area contributed by atoms with Crippen molar-refractivity contribution in [3.05, 3.63) is 70.8 Å². The lowest BCUT2D eigenvalue weighted by Crippen LogP contribution is -2.57. The van der Waals surface area contributed by atoms with Gasteiger partial charge >= 0.3 is 0 Å². The number of nitrogens with one attached hydrogen (secondary N) is 3. The zero-order valence-electron chi connectivity index (χ0n) is 26.5. The van der Waals surface area contributed by atoms with Crippen molar-refractivity contribution in [3.8, 4) is 0 Å². The van der Waals surface area contributed by atoms with Gasteiger partial charge in [-0.1, -0.05) is 71.7 Å². The Morgan fingerprint density at radius 1 is 0.864 bits per heavy atom. The Balaban J connectivity index is 2.32. The molecule has 0 aliphatic heterocycles. The first-order valence-corrected chi connectivity index (χ1v) is 17.2. The molecule has 0 unspecified atom stereocenters. The van der Waals surface area contributed by atoms with Gasteiger partial charge < -0.3 is 21.1 Å². The molecule has 0 saturated heterocycles. The predicted molar refractivity (Wildman–Crippen MR) is 170 cm³/mol. The van der Waals surface area contributed by atoms with Crippen LogP contribution in [-0.4, -0.2) is 61.1 Å². The maximum atomic E-state index is 14.0. The summed E-state index contributed by atoms with van der Waals surface area (Å²) in [6, 6.07) is 8.42. The lowest BCUT2D eigenvalue weighted by molar-refractivity contribution is -0.130. The summed E-state index contributed by atoms with van der Waals surface area (Å²) in [5.74, 6) is -4.03. The number of benzene rings is 2. The molecule has 0 bridgehead atoms. The summed E-state index contributed by atoms with van der Waals surface area (Å²) in [5.41, 5.74) is 2.36. The third-order valence-electron chi connectivity index (χ3n) is 7.54. The Bertz CT molecular complexity index is 1300. The molecule has 4 N–H and O–H groups in total. The number of aliphatic hydroxyl groups is 1. The molecule has 2 amide bonds. The van der Waals surface area contributed by atoms with Gasteiger partial charge in [0.05, 0.1) is 23.1 Å². The third-order valence-corrected chi connectivity index (χ3v) is 9.82. The molecular formula is C33H49F2N3O5S. The summed E-state index contributed by atoms with van der Waals surface area (Å²) in [6.45, 7) is 9.54. The van der Waals surface area contributed by atoms with Gasteiger partial charge in [0.25, 0.3) is 0 Å². The predicted octanol–water partition coefficient (Wildman–Crippen LogP) is 4.23. The molecule has 0 radical (unpaired) electrons. The van der Waals surface area contributed by atoms with Crippen LogP contribution in [0.15, 0.2) is 42.5 Å². The fourth-order valence-electron chi connectivity index (χ4n) is 5.05. The molecule has 246 valence electrons. The lowest BCUT2D eigenvalue weighted by Gasteiger charge is -2.28. The van der Waals surface area contributed by atoms with Crippen molar-refractivity contribution in [1.29, 1.82) is 0 Å². The fourth-order valence-corrected chi connectivity index (χ4v) is 7.21. The van der Waals surface area contributed by atoms with Crippen LogP contribution in [0.4, 0.5) is 8.78 Å². The first-order valence-electron chi connectivity index (χ1n) is 15.5. The minimum atomic E-state index is -3.79. The van der Waals surface area contributed by atoms with Crippen molar-refractivity contribution >= 4 is 21.7 Å². The molecule has 11 heteroatoms. The van der Waals surface area contributed by atoms with Crippen LogP contribution >= 0.6 is 0 Å². The molecule has 8 nitrogen and oxygen atoms in total. The quantitative estimate of drug-likeness (QED) is 0.183. The second kappa shape index (κ2) is 18.2.